The fraction of sp³-hybridized carbons (Fsp3) is 0.548. The summed E-state index contributed by atoms with van der Waals surface area (Å²) in [5.74, 6) is -0.653. The highest BCUT2D eigenvalue weighted by molar-refractivity contribution is 7.80. The number of carbonyl (C=O) groups is 4. The van der Waals surface area contributed by atoms with Crippen LogP contribution in [-0.4, -0.2) is 103 Å². The summed E-state index contributed by atoms with van der Waals surface area (Å²) >= 11 is 12.2. The molecule has 1 unspecified atom stereocenters. The number of thiocarbonyl (C=S) groups is 1. The second-order valence-electron chi connectivity index (χ2n) is 16.8. The van der Waals surface area contributed by atoms with Gasteiger partial charge in [-0.2, -0.15) is 10.4 Å². The summed E-state index contributed by atoms with van der Waals surface area (Å²) in [6.07, 6.45) is 7.11. The Kier molecular flexibility index (Phi) is 11.8. The number of hydrogen-bond acceptors (Lipinski definition) is 9. The molecule has 1 aliphatic carbocycles. The van der Waals surface area contributed by atoms with Gasteiger partial charge in [-0.15, -0.1) is 0 Å². The molecule has 0 spiro atoms. The van der Waals surface area contributed by atoms with Crippen LogP contribution in [0.3, 0.4) is 0 Å². The van der Waals surface area contributed by atoms with E-state index < -0.39 is 11.5 Å². The number of fused-ring (bicyclic) bond motifs is 1. The summed E-state index contributed by atoms with van der Waals surface area (Å²) in [5.41, 5.74) is 2.19. The van der Waals surface area contributed by atoms with E-state index in [1.54, 1.807) is 34.8 Å². The number of para-hydroxylation sites is 1. The molecule has 0 radical (unpaired) electrons. The highest BCUT2D eigenvalue weighted by atomic mass is 35.5. The third-order valence-corrected chi connectivity index (χ3v) is 13.3. The zero-order valence-corrected chi connectivity index (χ0v) is 35.0. The molecule has 4 aliphatic rings. The van der Waals surface area contributed by atoms with Crippen LogP contribution in [0.1, 0.15) is 96.2 Å². The molecule has 2 N–H and O–H groups in total. The first-order valence-corrected chi connectivity index (χ1v) is 20.9. The molecule has 3 atom stereocenters. The fourth-order valence-corrected chi connectivity index (χ4v) is 10.5. The van der Waals surface area contributed by atoms with Crippen molar-refractivity contribution in [2.45, 2.75) is 109 Å². The number of anilines is 2. The Morgan fingerprint density at radius 1 is 1.07 bits per heavy atom. The minimum atomic E-state index is -0.776. The zero-order chi connectivity index (χ0) is 40.8. The molecule has 15 heteroatoms. The normalized spacial score (nSPS) is 25.9. The van der Waals surface area contributed by atoms with Gasteiger partial charge < -0.3 is 15.1 Å². The van der Waals surface area contributed by atoms with Crippen LogP contribution in [0.5, 0.6) is 0 Å². The topological polar surface area (TPSA) is 147 Å². The van der Waals surface area contributed by atoms with Gasteiger partial charge in [0.2, 0.25) is 17.7 Å². The van der Waals surface area contributed by atoms with Gasteiger partial charge in [-0.25, -0.2) is 0 Å². The number of hydrogen-bond donors (Lipinski definition) is 2. The minimum Gasteiger partial charge on any atom is -0.331 e. The summed E-state index contributed by atoms with van der Waals surface area (Å²) < 4.78 is 1.70. The van der Waals surface area contributed by atoms with E-state index in [1.807, 2.05) is 32.0 Å². The van der Waals surface area contributed by atoms with Crippen molar-refractivity contribution in [1.29, 1.82) is 5.26 Å². The predicted octanol–water partition coefficient (Wildman–Crippen LogP) is 5.70. The molecule has 1 aromatic heterocycles. The molecule has 4 amide bonds. The van der Waals surface area contributed by atoms with Crippen LogP contribution in [-0.2, 0) is 26.2 Å². The molecule has 7 rings (SSSR count). The molecular formula is C42H52ClN9O4S. The Bertz CT molecular complexity index is 2130. The van der Waals surface area contributed by atoms with E-state index in [4.69, 9.17) is 23.8 Å². The Balaban J connectivity index is 0.876. The lowest BCUT2D eigenvalue weighted by Crippen LogP contribution is -2.58. The highest BCUT2D eigenvalue weighted by Gasteiger charge is 2.52. The van der Waals surface area contributed by atoms with Gasteiger partial charge >= 0.3 is 0 Å². The second-order valence-corrected chi connectivity index (χ2v) is 17.6. The van der Waals surface area contributed by atoms with Gasteiger partial charge in [0.05, 0.1) is 45.6 Å². The van der Waals surface area contributed by atoms with Gasteiger partial charge in [-0.1, -0.05) is 23.7 Å². The number of amides is 4. The molecule has 2 aromatic carbocycles. The van der Waals surface area contributed by atoms with Crippen molar-refractivity contribution in [2.24, 2.45) is 13.0 Å². The molecule has 57 heavy (non-hydrogen) atoms. The smallest absolute Gasteiger partial charge is 0.258 e. The van der Waals surface area contributed by atoms with Gasteiger partial charge in [-0.3, -0.25) is 39.0 Å². The average Bonchev–Trinajstić information content (AvgIpc) is 3.58. The summed E-state index contributed by atoms with van der Waals surface area (Å²) in [6, 6.07) is 13.3. The van der Waals surface area contributed by atoms with E-state index in [9.17, 15) is 24.4 Å². The third-order valence-electron chi connectivity index (χ3n) is 12.6. The van der Waals surface area contributed by atoms with Gasteiger partial charge in [0.15, 0.2) is 5.11 Å². The van der Waals surface area contributed by atoms with Crippen LogP contribution in [0.25, 0.3) is 10.9 Å². The van der Waals surface area contributed by atoms with Crippen LogP contribution >= 0.6 is 23.8 Å². The second kappa shape index (κ2) is 16.4. The van der Waals surface area contributed by atoms with E-state index in [1.165, 1.54) is 0 Å². The Hall–Kier alpha value is -4.42. The number of benzene rings is 2. The number of nitriles is 1. The largest absolute Gasteiger partial charge is 0.331 e. The molecule has 3 saturated heterocycles. The molecule has 302 valence electrons. The van der Waals surface area contributed by atoms with Gasteiger partial charge in [0.25, 0.3) is 5.91 Å². The summed E-state index contributed by atoms with van der Waals surface area (Å²) in [4.78, 5) is 60.0. The van der Waals surface area contributed by atoms with Gasteiger partial charge in [0.1, 0.15) is 11.6 Å². The number of nitrogens with one attached hydrogen (secondary N) is 2. The van der Waals surface area contributed by atoms with Crippen LogP contribution < -0.4 is 15.5 Å². The van der Waals surface area contributed by atoms with Crippen molar-refractivity contribution in [3.8, 4) is 6.07 Å². The van der Waals surface area contributed by atoms with Crippen LogP contribution in [0.4, 0.5) is 11.4 Å². The molecule has 4 heterocycles. The van der Waals surface area contributed by atoms with E-state index in [0.29, 0.717) is 45.1 Å². The van der Waals surface area contributed by atoms with Gasteiger partial charge in [0, 0.05) is 50.1 Å². The average molecular weight is 814 g/mol. The van der Waals surface area contributed by atoms with E-state index in [2.05, 4.69) is 50.3 Å². The third kappa shape index (κ3) is 8.04. The van der Waals surface area contributed by atoms with Crippen LogP contribution in [0.2, 0.25) is 5.02 Å². The number of piperazine rings is 1. The first kappa shape index (κ1) is 40.8. The van der Waals surface area contributed by atoms with Crippen LogP contribution in [0.15, 0.2) is 36.4 Å². The molecule has 3 aromatic rings. The van der Waals surface area contributed by atoms with E-state index in [-0.39, 0.29) is 54.7 Å². The zero-order valence-electron chi connectivity index (χ0n) is 33.4. The van der Waals surface area contributed by atoms with Crippen molar-refractivity contribution in [2.75, 3.05) is 36.4 Å². The number of carbonyl (C=O) groups excluding carboxylic acids is 4. The Morgan fingerprint density at radius 3 is 2.46 bits per heavy atom. The predicted molar refractivity (Wildman–Crippen MR) is 224 cm³/mol. The lowest BCUT2D eigenvalue weighted by Gasteiger charge is -2.44. The molecule has 3 aliphatic heterocycles. The molecule has 0 bridgehead atoms. The maximum atomic E-state index is 13.7. The van der Waals surface area contributed by atoms with Crippen LogP contribution in [0, 0.1) is 17.2 Å². The highest BCUT2D eigenvalue weighted by Crippen LogP contribution is 2.40. The number of piperidine rings is 1. The first-order valence-electron chi connectivity index (χ1n) is 20.1. The van der Waals surface area contributed by atoms with Crippen molar-refractivity contribution in [3.05, 3.63) is 52.7 Å². The molecular weight excluding hydrogens is 762 g/mol. The number of rotatable bonds is 10. The number of nitrogens with zero attached hydrogens (tertiary/aromatic N) is 7. The molecule has 1 saturated carbocycles. The van der Waals surface area contributed by atoms with E-state index in [0.717, 1.165) is 69.1 Å². The van der Waals surface area contributed by atoms with Crippen molar-refractivity contribution in [3.63, 3.8) is 0 Å². The number of imide groups is 1. The summed E-state index contributed by atoms with van der Waals surface area (Å²) in [5, 5.41) is 21.1. The lowest BCUT2D eigenvalue weighted by atomic mass is 9.82. The number of halogens is 1. The Labute approximate surface area is 344 Å². The Morgan fingerprint density at radius 2 is 1.79 bits per heavy atom. The SMILES string of the molecule is C[C@@H]1CN(CCC[C@H]2CC[C@H](N3C(=S)N(c4ccc(C#N)c(Cl)c4)C(=O)C3(C)C)CC2)C[C@H](C)N1CC(=O)Nc1cccc2c(C3CCC(=O)NC3=O)nn(C)c12. The summed E-state index contributed by atoms with van der Waals surface area (Å²) in [6.45, 7) is 11.4. The summed E-state index contributed by atoms with van der Waals surface area (Å²) in [7, 11) is 1.81. The van der Waals surface area contributed by atoms with Crippen molar-refractivity contribution in [1.82, 2.24) is 29.8 Å². The monoisotopic (exact) mass is 813 g/mol. The van der Waals surface area contributed by atoms with E-state index >= 15 is 0 Å². The van der Waals surface area contributed by atoms with Crippen molar-refractivity contribution >= 4 is 74.8 Å². The van der Waals surface area contributed by atoms with Crippen molar-refractivity contribution < 1.29 is 19.2 Å². The molecule has 13 nitrogen and oxygen atoms in total. The fourth-order valence-electron chi connectivity index (χ4n) is 9.67. The maximum absolute atomic E-state index is 13.7. The number of aryl methyl sites for hydroxylation is 1. The standard InChI is InChI=1S/C42H52ClN9O4S/c1-25-22-49(19-7-8-27-11-14-29(15-12-27)52-41(57)51(40(56)42(52,3)4)30-16-13-28(21-44)33(43)20-30)23-26(2)50(25)24-36(54)45-34-10-6-9-31-37(47-48(5)38(31)34)32-17-18-35(53)46-39(32)55/h6,9-10,13,16,20,25-27,29,32H,7-8,11-12,14-15,17-19,22-24H2,1-5H3,(H,45,54)(H,46,53,55)/t25-,26+,27-,29-,32?. The minimum absolute atomic E-state index is 0.0796. The lowest BCUT2D eigenvalue weighted by molar-refractivity contribution is -0.134. The number of aromatic nitrogens is 2. The quantitative estimate of drug-likeness (QED) is 0.193. The van der Waals surface area contributed by atoms with Gasteiger partial charge in [-0.05, 0) is 122 Å². The molecule has 4 fully saturated rings. The maximum Gasteiger partial charge on any atom is 0.258 e. The first-order chi connectivity index (χ1) is 27.2.